The Balaban J connectivity index is 1.07. The summed E-state index contributed by atoms with van der Waals surface area (Å²) in [6, 6.07) is 18.3. The first-order chi connectivity index (χ1) is 24.0. The molecular formula is C42H42N4O3. The van der Waals surface area contributed by atoms with Crippen molar-refractivity contribution in [1.29, 1.82) is 0 Å². The third-order valence-corrected chi connectivity index (χ3v) is 15.6. The minimum Gasteiger partial charge on any atom is -0.392 e. The average Bonchev–Trinajstić information content (AvgIpc) is 3.86. The molecule has 2 aliphatic carbocycles. The number of piperidine rings is 2. The lowest BCUT2D eigenvalue weighted by Crippen LogP contribution is -2.66. The number of nitrogens with zero attached hydrogens (tertiary/aromatic N) is 4. The minimum absolute atomic E-state index is 0.0324. The maximum Gasteiger partial charge on any atom is 0.250 e. The van der Waals surface area contributed by atoms with E-state index in [1.807, 2.05) is 6.08 Å². The Morgan fingerprint density at radius 1 is 0.918 bits per heavy atom. The van der Waals surface area contributed by atoms with Crippen LogP contribution in [-0.2, 0) is 20.4 Å². The Morgan fingerprint density at radius 2 is 1.69 bits per heavy atom. The number of aliphatic hydroxyl groups excluding tert-OH is 1. The van der Waals surface area contributed by atoms with Gasteiger partial charge in [0, 0.05) is 65.3 Å². The van der Waals surface area contributed by atoms with Gasteiger partial charge in [-0.25, -0.2) is 0 Å². The average molecular weight is 651 g/mol. The van der Waals surface area contributed by atoms with Crippen molar-refractivity contribution in [2.24, 2.45) is 23.7 Å². The second-order valence-corrected chi connectivity index (χ2v) is 16.7. The lowest BCUT2D eigenvalue weighted by Gasteiger charge is -2.57. The molecule has 248 valence electrons. The number of hydrogen-bond donors (Lipinski definition) is 1. The number of fused-ring (bicyclic) bond motifs is 8. The molecule has 4 saturated heterocycles. The van der Waals surface area contributed by atoms with Gasteiger partial charge in [-0.15, -0.1) is 0 Å². The molecule has 2 spiro atoms. The molecule has 6 fully saturated rings. The normalized spacial score (nSPS) is 44.8. The van der Waals surface area contributed by atoms with Crippen molar-refractivity contribution in [3.63, 3.8) is 0 Å². The zero-order valence-electron chi connectivity index (χ0n) is 27.9. The third-order valence-electron chi connectivity index (χ3n) is 15.6. The molecule has 11 atom stereocenters. The van der Waals surface area contributed by atoms with Crippen LogP contribution < -0.4 is 9.80 Å². The summed E-state index contributed by atoms with van der Waals surface area (Å²) in [6.07, 6.45) is 15.0. The monoisotopic (exact) mass is 650 g/mol. The van der Waals surface area contributed by atoms with Crippen molar-refractivity contribution in [3.8, 4) is 0 Å². The third kappa shape index (κ3) is 2.96. The highest BCUT2D eigenvalue weighted by atomic mass is 16.2. The van der Waals surface area contributed by atoms with Gasteiger partial charge in [-0.3, -0.25) is 19.4 Å². The molecule has 0 aromatic heterocycles. The number of para-hydroxylation sites is 2. The van der Waals surface area contributed by atoms with Gasteiger partial charge in [-0.1, -0.05) is 71.8 Å². The van der Waals surface area contributed by atoms with E-state index in [-0.39, 0.29) is 71.2 Å². The second kappa shape index (κ2) is 9.11. The van der Waals surface area contributed by atoms with E-state index in [1.54, 1.807) is 0 Å². The zero-order chi connectivity index (χ0) is 32.6. The van der Waals surface area contributed by atoms with Crippen LogP contribution in [0.15, 0.2) is 95.6 Å². The van der Waals surface area contributed by atoms with Crippen molar-refractivity contribution in [2.45, 2.75) is 73.6 Å². The maximum atomic E-state index is 15.5. The quantitative estimate of drug-likeness (QED) is 0.486. The lowest BCUT2D eigenvalue weighted by molar-refractivity contribution is -0.124. The molecule has 0 radical (unpaired) electrons. The molecule has 4 bridgehead atoms. The van der Waals surface area contributed by atoms with E-state index >= 15 is 4.79 Å². The Kier molecular flexibility index (Phi) is 5.20. The van der Waals surface area contributed by atoms with Crippen LogP contribution in [0.25, 0.3) is 0 Å². The minimum atomic E-state index is -0.273. The molecule has 2 aromatic carbocycles. The number of carbonyl (C=O) groups is 2. The molecule has 8 aliphatic heterocycles. The zero-order valence-corrected chi connectivity index (χ0v) is 27.9. The largest absolute Gasteiger partial charge is 0.392 e. The van der Waals surface area contributed by atoms with Gasteiger partial charge in [0.1, 0.15) is 0 Å². The van der Waals surface area contributed by atoms with Crippen LogP contribution in [0.5, 0.6) is 0 Å². The van der Waals surface area contributed by atoms with Crippen LogP contribution in [-0.4, -0.2) is 83.2 Å². The van der Waals surface area contributed by atoms with Gasteiger partial charge in [0.15, 0.2) is 0 Å². The summed E-state index contributed by atoms with van der Waals surface area (Å²) in [5.41, 5.74) is 8.81. The van der Waals surface area contributed by atoms with Gasteiger partial charge in [0.25, 0.3) is 5.91 Å². The highest BCUT2D eigenvalue weighted by Crippen LogP contribution is 2.68. The first-order valence-corrected chi connectivity index (χ1v) is 18.7. The molecule has 8 heterocycles. The highest BCUT2D eigenvalue weighted by molar-refractivity contribution is 6.06. The van der Waals surface area contributed by atoms with Gasteiger partial charge in [0.05, 0.1) is 24.6 Å². The Labute approximate surface area is 287 Å². The summed E-state index contributed by atoms with van der Waals surface area (Å²) in [6.45, 7) is 5.06. The number of allylic oxidation sites excluding steroid dienone is 1. The maximum absolute atomic E-state index is 15.5. The van der Waals surface area contributed by atoms with Crippen molar-refractivity contribution >= 4 is 23.2 Å². The van der Waals surface area contributed by atoms with Gasteiger partial charge >= 0.3 is 0 Å². The number of carbonyl (C=O) groups excluding carboxylic acids is 2. The fourth-order valence-corrected chi connectivity index (χ4v) is 14.1. The number of benzene rings is 2. The summed E-state index contributed by atoms with van der Waals surface area (Å²) < 4.78 is 0. The molecule has 2 aromatic rings. The second-order valence-electron chi connectivity index (χ2n) is 16.7. The lowest BCUT2D eigenvalue weighted by atomic mass is 9.54. The summed E-state index contributed by atoms with van der Waals surface area (Å²) >= 11 is 0. The van der Waals surface area contributed by atoms with Gasteiger partial charge in [0.2, 0.25) is 5.91 Å². The molecule has 49 heavy (non-hydrogen) atoms. The number of amides is 2. The van der Waals surface area contributed by atoms with Gasteiger partial charge < -0.3 is 14.9 Å². The summed E-state index contributed by atoms with van der Waals surface area (Å²) in [5, 5.41) is 10.2. The molecule has 2 amide bonds. The highest BCUT2D eigenvalue weighted by Gasteiger charge is 2.73. The van der Waals surface area contributed by atoms with Crippen molar-refractivity contribution < 1.29 is 14.7 Å². The smallest absolute Gasteiger partial charge is 0.250 e. The number of rotatable bonds is 2. The van der Waals surface area contributed by atoms with E-state index in [2.05, 4.69) is 99.4 Å². The van der Waals surface area contributed by atoms with Crippen LogP contribution in [0.1, 0.15) is 43.7 Å². The fraction of sp³-hybridized carbons (Fsp3) is 0.476. The first-order valence-electron chi connectivity index (χ1n) is 18.7. The van der Waals surface area contributed by atoms with Crippen LogP contribution in [0, 0.1) is 23.7 Å². The predicted molar refractivity (Wildman–Crippen MR) is 187 cm³/mol. The van der Waals surface area contributed by atoms with Crippen molar-refractivity contribution in [1.82, 2.24) is 9.80 Å². The van der Waals surface area contributed by atoms with Crippen LogP contribution >= 0.6 is 0 Å². The topological polar surface area (TPSA) is 67.3 Å². The van der Waals surface area contributed by atoms with Crippen LogP contribution in [0.3, 0.4) is 0 Å². The van der Waals surface area contributed by atoms with Gasteiger partial charge in [-0.05, 0) is 80.0 Å². The van der Waals surface area contributed by atoms with Crippen LogP contribution in [0.4, 0.5) is 11.4 Å². The van der Waals surface area contributed by atoms with Gasteiger partial charge in [-0.2, -0.15) is 0 Å². The van der Waals surface area contributed by atoms with E-state index < -0.39 is 0 Å². The van der Waals surface area contributed by atoms with Crippen molar-refractivity contribution in [2.75, 3.05) is 36.0 Å². The molecule has 10 aliphatic rings. The standard InChI is InChI=1S/C42H42N4O3/c1-2-23-22-44-34(20-42-31-8-4-5-9-32(31)45-37(48)12-11-25(38(42)45)26(23)19-36(42)44)29-17-28-27-18-35-41(14-15-43(35)21-24(27)13-16-47)30-7-3-6-10-33(30)46(39(28)41)40(29)49/h2-13,17,25-27,29,34-36,38-39,47H,14-16,18-22H2,1H3. The van der Waals surface area contributed by atoms with E-state index in [0.717, 1.165) is 56.7 Å². The molecule has 11 unspecified atom stereocenters. The molecule has 7 heteroatoms. The predicted octanol–water partition coefficient (Wildman–Crippen LogP) is 4.48. The molecule has 2 saturated carbocycles. The summed E-state index contributed by atoms with van der Waals surface area (Å²) in [5.74, 6) is 1.02. The van der Waals surface area contributed by atoms with Crippen LogP contribution in [0.2, 0.25) is 0 Å². The summed E-state index contributed by atoms with van der Waals surface area (Å²) in [4.78, 5) is 39.1. The van der Waals surface area contributed by atoms with E-state index in [4.69, 9.17) is 0 Å². The van der Waals surface area contributed by atoms with E-state index in [0.29, 0.717) is 12.0 Å². The number of aliphatic hydroxyl groups is 1. The number of anilines is 2. The Bertz CT molecular complexity index is 2030. The summed E-state index contributed by atoms with van der Waals surface area (Å²) in [7, 11) is 0. The first kappa shape index (κ1) is 28.0. The molecule has 7 nitrogen and oxygen atoms in total. The molecular weight excluding hydrogens is 608 g/mol. The van der Waals surface area contributed by atoms with E-state index in [9.17, 15) is 9.90 Å². The SMILES string of the molecule is CC=C1CN2C(C3C=C4C5CC6N(CCC67c6ccccc6N(C3=O)C47)CC5=CCO)CC34c5ccccc5N5C(=O)C=CC(C1CC23)C54. The van der Waals surface area contributed by atoms with E-state index in [1.165, 1.54) is 27.8 Å². The fourth-order valence-electron chi connectivity index (χ4n) is 14.1. The number of hydrogen-bond acceptors (Lipinski definition) is 5. The molecule has 1 N–H and O–H groups in total. The molecule has 12 rings (SSSR count). The van der Waals surface area contributed by atoms with Crippen molar-refractivity contribution in [3.05, 3.63) is 107 Å². The Morgan fingerprint density at radius 3 is 2.49 bits per heavy atom. The Hall–Kier alpha value is -3.78.